The summed E-state index contributed by atoms with van der Waals surface area (Å²) in [5.74, 6) is 0.764. The fourth-order valence-corrected chi connectivity index (χ4v) is 3.75. The van der Waals surface area contributed by atoms with Crippen LogP contribution in [0.3, 0.4) is 0 Å². The third kappa shape index (κ3) is 5.45. The van der Waals surface area contributed by atoms with Gasteiger partial charge < -0.3 is 5.32 Å². The largest absolute Gasteiger partial charge is 0.310 e. The van der Waals surface area contributed by atoms with Crippen molar-refractivity contribution in [3.8, 4) is 0 Å². The molecule has 7 heteroatoms. The minimum atomic E-state index is -3.47. The fraction of sp³-hybridized carbons (Fsp3) is 0.571. The van der Waals surface area contributed by atoms with Gasteiger partial charge >= 0.3 is 0 Å². The molecule has 0 atom stereocenters. The van der Waals surface area contributed by atoms with Crippen molar-refractivity contribution in [2.45, 2.75) is 31.3 Å². The topological polar surface area (TPSA) is 49.4 Å². The lowest BCUT2D eigenvalue weighted by molar-refractivity contribution is 0.488. The Bertz CT molecular complexity index is 562. The van der Waals surface area contributed by atoms with Crippen LogP contribution in [-0.4, -0.2) is 44.4 Å². The van der Waals surface area contributed by atoms with Crippen molar-refractivity contribution < 1.29 is 8.42 Å². The molecule has 0 heterocycles. The lowest BCUT2D eigenvalue weighted by Crippen LogP contribution is -2.29. The zero-order chi connectivity index (χ0) is 16.0. The summed E-state index contributed by atoms with van der Waals surface area (Å²) in [6, 6.07) is 5.27. The molecular formula is C14H23ClN2O2S2. The highest BCUT2D eigenvalue weighted by Crippen LogP contribution is 2.23. The van der Waals surface area contributed by atoms with Gasteiger partial charge in [-0.05, 0) is 24.0 Å². The highest BCUT2D eigenvalue weighted by molar-refractivity contribution is 7.98. The molecule has 120 valence electrons. The molecule has 21 heavy (non-hydrogen) atoms. The van der Waals surface area contributed by atoms with Gasteiger partial charge in [0, 0.05) is 37.0 Å². The Hall–Kier alpha value is -0.270. The van der Waals surface area contributed by atoms with Crippen LogP contribution in [0.15, 0.2) is 23.1 Å². The van der Waals surface area contributed by atoms with E-state index in [0.717, 1.165) is 11.3 Å². The smallest absolute Gasteiger partial charge is 0.242 e. The first kappa shape index (κ1) is 18.8. The van der Waals surface area contributed by atoms with Gasteiger partial charge in [-0.25, -0.2) is 12.7 Å². The predicted molar refractivity (Wildman–Crippen MR) is 91.6 cm³/mol. The third-order valence-electron chi connectivity index (χ3n) is 3.04. The number of rotatable bonds is 8. The van der Waals surface area contributed by atoms with Gasteiger partial charge in [0.05, 0.1) is 4.90 Å². The molecule has 0 saturated heterocycles. The molecule has 1 N–H and O–H groups in total. The summed E-state index contributed by atoms with van der Waals surface area (Å²) in [5, 5.41) is 3.74. The van der Waals surface area contributed by atoms with E-state index in [4.69, 9.17) is 11.6 Å². The van der Waals surface area contributed by atoms with Gasteiger partial charge in [-0.15, -0.1) is 0 Å². The SMILES string of the molecule is CSCCN(C)S(=O)(=O)c1ccc(CNC(C)C)c(Cl)c1. The Morgan fingerprint density at radius 3 is 2.57 bits per heavy atom. The van der Waals surface area contributed by atoms with E-state index in [1.807, 2.05) is 20.1 Å². The number of hydrogen-bond donors (Lipinski definition) is 1. The van der Waals surface area contributed by atoms with Crippen molar-refractivity contribution in [1.29, 1.82) is 0 Å². The molecule has 1 rings (SSSR count). The molecule has 0 aromatic heterocycles. The lowest BCUT2D eigenvalue weighted by Gasteiger charge is -2.17. The number of nitrogens with one attached hydrogen (secondary N) is 1. The second-order valence-corrected chi connectivity index (χ2v) is 8.55. The number of thioether (sulfide) groups is 1. The Morgan fingerprint density at radius 2 is 2.05 bits per heavy atom. The zero-order valence-electron chi connectivity index (χ0n) is 12.9. The van der Waals surface area contributed by atoms with Crippen LogP contribution in [-0.2, 0) is 16.6 Å². The molecule has 0 unspecified atom stereocenters. The summed E-state index contributed by atoms with van der Waals surface area (Å²) in [7, 11) is -1.88. The number of halogens is 1. The second-order valence-electron chi connectivity index (χ2n) is 5.11. The molecule has 0 aliphatic heterocycles. The number of hydrogen-bond acceptors (Lipinski definition) is 4. The molecule has 0 radical (unpaired) electrons. The van der Waals surface area contributed by atoms with E-state index in [1.54, 1.807) is 30.9 Å². The molecule has 4 nitrogen and oxygen atoms in total. The lowest BCUT2D eigenvalue weighted by atomic mass is 10.2. The first-order valence-electron chi connectivity index (χ1n) is 6.76. The molecular weight excluding hydrogens is 328 g/mol. The molecule has 0 amide bonds. The van der Waals surface area contributed by atoms with E-state index in [-0.39, 0.29) is 4.90 Å². The van der Waals surface area contributed by atoms with Gasteiger partial charge in [0.25, 0.3) is 0 Å². The monoisotopic (exact) mass is 350 g/mol. The minimum absolute atomic E-state index is 0.240. The van der Waals surface area contributed by atoms with Gasteiger partial charge in [-0.3, -0.25) is 0 Å². The van der Waals surface area contributed by atoms with E-state index in [2.05, 4.69) is 5.32 Å². The summed E-state index contributed by atoms with van der Waals surface area (Å²) >= 11 is 7.82. The van der Waals surface area contributed by atoms with Crippen LogP contribution < -0.4 is 5.32 Å². The predicted octanol–water partition coefficient (Wildman–Crippen LogP) is 2.82. The maximum atomic E-state index is 12.4. The standard InChI is InChI=1S/C14H23ClN2O2S2/c1-11(2)16-10-12-5-6-13(9-14(12)15)21(18,19)17(3)7-8-20-4/h5-6,9,11,16H,7-8,10H2,1-4H3. The first-order valence-corrected chi connectivity index (χ1v) is 9.97. The Morgan fingerprint density at radius 1 is 1.38 bits per heavy atom. The number of sulfonamides is 1. The summed E-state index contributed by atoms with van der Waals surface area (Å²) < 4.78 is 26.2. The summed E-state index contributed by atoms with van der Waals surface area (Å²) in [4.78, 5) is 0.240. The highest BCUT2D eigenvalue weighted by Gasteiger charge is 2.21. The maximum Gasteiger partial charge on any atom is 0.242 e. The summed E-state index contributed by atoms with van der Waals surface area (Å²) in [6.07, 6.45) is 1.95. The maximum absolute atomic E-state index is 12.4. The third-order valence-corrected chi connectivity index (χ3v) is 5.84. The van der Waals surface area contributed by atoms with E-state index < -0.39 is 10.0 Å². The zero-order valence-corrected chi connectivity index (χ0v) is 15.3. The summed E-state index contributed by atoms with van der Waals surface area (Å²) in [5.41, 5.74) is 0.899. The number of nitrogens with zero attached hydrogens (tertiary/aromatic N) is 1. The molecule has 1 aromatic rings. The quantitative estimate of drug-likeness (QED) is 0.783. The van der Waals surface area contributed by atoms with Gasteiger partial charge in [-0.2, -0.15) is 11.8 Å². The summed E-state index contributed by atoms with van der Waals surface area (Å²) in [6.45, 7) is 5.21. The molecule has 1 aromatic carbocycles. The van der Waals surface area contributed by atoms with Crippen LogP contribution in [0.25, 0.3) is 0 Å². The van der Waals surface area contributed by atoms with Crippen molar-refractivity contribution in [2.75, 3.05) is 25.6 Å². The normalized spacial score (nSPS) is 12.3. The Labute approximate surface area is 137 Å². The molecule has 0 fully saturated rings. The molecule has 0 aliphatic carbocycles. The molecule has 0 spiro atoms. The van der Waals surface area contributed by atoms with Crippen molar-refractivity contribution in [1.82, 2.24) is 9.62 Å². The van der Waals surface area contributed by atoms with Gasteiger partial charge in [0.15, 0.2) is 0 Å². The van der Waals surface area contributed by atoms with Crippen LogP contribution in [0.2, 0.25) is 5.02 Å². The Kier molecular flexibility index (Phi) is 7.50. The van der Waals surface area contributed by atoms with Crippen molar-refractivity contribution in [3.63, 3.8) is 0 Å². The van der Waals surface area contributed by atoms with Crippen LogP contribution in [0, 0.1) is 0 Å². The highest BCUT2D eigenvalue weighted by atomic mass is 35.5. The van der Waals surface area contributed by atoms with Crippen LogP contribution in [0.4, 0.5) is 0 Å². The van der Waals surface area contributed by atoms with Crippen LogP contribution >= 0.6 is 23.4 Å². The minimum Gasteiger partial charge on any atom is -0.310 e. The average Bonchev–Trinajstić information content (AvgIpc) is 2.42. The molecule has 0 bridgehead atoms. The van der Waals surface area contributed by atoms with Crippen LogP contribution in [0.5, 0.6) is 0 Å². The van der Waals surface area contributed by atoms with E-state index >= 15 is 0 Å². The fourth-order valence-electron chi connectivity index (χ4n) is 1.67. The molecule has 0 aliphatic rings. The van der Waals surface area contributed by atoms with Crippen LogP contribution in [0.1, 0.15) is 19.4 Å². The van der Waals surface area contributed by atoms with E-state index in [0.29, 0.717) is 24.2 Å². The number of benzene rings is 1. The Balaban J connectivity index is 2.91. The van der Waals surface area contributed by atoms with Gasteiger partial charge in [0.1, 0.15) is 0 Å². The second kappa shape index (κ2) is 8.39. The molecule has 0 saturated carbocycles. The van der Waals surface area contributed by atoms with Gasteiger partial charge in [-0.1, -0.05) is 31.5 Å². The van der Waals surface area contributed by atoms with E-state index in [9.17, 15) is 8.42 Å². The van der Waals surface area contributed by atoms with Gasteiger partial charge in [0.2, 0.25) is 10.0 Å². The van der Waals surface area contributed by atoms with E-state index in [1.165, 1.54) is 10.4 Å². The average molecular weight is 351 g/mol. The first-order chi connectivity index (χ1) is 9.78. The van der Waals surface area contributed by atoms with Crippen molar-refractivity contribution in [3.05, 3.63) is 28.8 Å². The van der Waals surface area contributed by atoms with Crippen molar-refractivity contribution >= 4 is 33.4 Å². The van der Waals surface area contributed by atoms with Crippen molar-refractivity contribution in [2.24, 2.45) is 0 Å².